The summed E-state index contributed by atoms with van der Waals surface area (Å²) in [5.74, 6) is 0. The van der Waals surface area contributed by atoms with Gasteiger partial charge in [-0.2, -0.15) is 5.26 Å². The van der Waals surface area contributed by atoms with E-state index in [9.17, 15) is 0 Å². The number of rotatable bonds is 2. The minimum Gasteiger partial charge on any atom is -0.316 e. The highest BCUT2D eigenvalue weighted by Crippen LogP contribution is 2.26. The fourth-order valence-electron chi connectivity index (χ4n) is 1.48. The summed E-state index contributed by atoms with van der Waals surface area (Å²) in [5, 5.41) is 9.00. The van der Waals surface area contributed by atoms with Crippen LogP contribution in [-0.2, 0) is 0 Å². The third-order valence-electron chi connectivity index (χ3n) is 2.28. The minimum atomic E-state index is -0.432. The molecule has 0 aliphatic heterocycles. The number of benzene rings is 1. The fraction of sp³-hybridized carbons (Fsp3) is 0.0833. The van der Waals surface area contributed by atoms with Crippen molar-refractivity contribution >= 4 is 24.0 Å². The molecule has 3 nitrogen and oxygen atoms in total. The molecule has 2 rings (SSSR count). The molecule has 1 heterocycles. The van der Waals surface area contributed by atoms with Crippen LogP contribution in [0, 0.1) is 18.3 Å². The van der Waals surface area contributed by atoms with E-state index >= 15 is 0 Å². The van der Waals surface area contributed by atoms with Crippen molar-refractivity contribution in [2.24, 2.45) is 0 Å². The first-order valence-corrected chi connectivity index (χ1v) is 5.13. The van der Waals surface area contributed by atoms with Crippen molar-refractivity contribution in [3.05, 3.63) is 60.5 Å². The van der Waals surface area contributed by atoms with Crippen LogP contribution in [0.2, 0.25) is 0 Å². The Bertz CT molecular complexity index is 529. The van der Waals surface area contributed by atoms with Gasteiger partial charge in [0.25, 0.3) is 0 Å². The van der Waals surface area contributed by atoms with Gasteiger partial charge in [-0.3, -0.25) is 0 Å². The molecule has 0 fully saturated rings. The van der Waals surface area contributed by atoms with E-state index in [-0.39, 0.29) is 12.4 Å². The highest BCUT2D eigenvalue weighted by molar-refractivity contribution is 6.20. The first kappa shape index (κ1) is 13.6. The molecule has 1 aromatic heterocycles. The largest absolute Gasteiger partial charge is 0.316 e. The van der Waals surface area contributed by atoms with Crippen molar-refractivity contribution in [3.63, 3.8) is 0 Å². The van der Waals surface area contributed by atoms with Gasteiger partial charge in [0.05, 0.1) is 18.0 Å². The van der Waals surface area contributed by atoms with E-state index in [0.717, 1.165) is 11.1 Å². The lowest BCUT2D eigenvalue weighted by molar-refractivity contribution is 0.762. The van der Waals surface area contributed by atoms with Gasteiger partial charge in [0.15, 0.2) is 0 Å². The number of aromatic nitrogens is 2. The summed E-state index contributed by atoms with van der Waals surface area (Å²) in [6.45, 7) is 3.83. The van der Waals surface area contributed by atoms with Crippen LogP contribution >= 0.6 is 24.0 Å². The topological polar surface area (TPSA) is 41.6 Å². The molecular weight excluding hydrogens is 257 g/mol. The van der Waals surface area contributed by atoms with Crippen molar-refractivity contribution in [1.29, 1.82) is 5.26 Å². The number of hydrogen-bond donors (Lipinski definition) is 0. The molecule has 17 heavy (non-hydrogen) atoms. The lowest BCUT2D eigenvalue weighted by atomic mass is 10.1. The summed E-state index contributed by atoms with van der Waals surface area (Å²) < 4.78 is 1.73. The molecular formula is C12H10Cl2N3. The zero-order valence-electron chi connectivity index (χ0n) is 8.88. The summed E-state index contributed by atoms with van der Waals surface area (Å²) >= 11 is 6.27. The van der Waals surface area contributed by atoms with Crippen molar-refractivity contribution in [3.8, 4) is 6.07 Å². The Kier molecular flexibility index (Phi) is 4.56. The summed E-state index contributed by atoms with van der Waals surface area (Å²) in [6.07, 6.45) is 5.03. The Hall–Kier alpha value is -1.50. The van der Waals surface area contributed by atoms with Crippen LogP contribution < -0.4 is 0 Å². The van der Waals surface area contributed by atoms with Gasteiger partial charge in [0.1, 0.15) is 5.50 Å². The van der Waals surface area contributed by atoms with Gasteiger partial charge in [-0.05, 0) is 18.6 Å². The maximum absolute atomic E-state index is 9.00. The molecule has 0 spiro atoms. The Labute approximate surface area is 111 Å². The van der Waals surface area contributed by atoms with Gasteiger partial charge in [-0.25, -0.2) is 4.98 Å². The van der Waals surface area contributed by atoms with E-state index in [2.05, 4.69) is 18.0 Å². The number of alkyl halides is 1. The Morgan fingerprint density at radius 3 is 2.82 bits per heavy atom. The smallest absolute Gasteiger partial charge is 0.135 e. The van der Waals surface area contributed by atoms with E-state index in [0.29, 0.717) is 5.56 Å². The maximum atomic E-state index is 9.00. The molecule has 0 amide bonds. The summed E-state index contributed by atoms with van der Waals surface area (Å²) in [4.78, 5) is 3.93. The minimum absolute atomic E-state index is 0. The van der Waals surface area contributed by atoms with Crippen molar-refractivity contribution in [1.82, 2.24) is 9.55 Å². The van der Waals surface area contributed by atoms with E-state index in [1.54, 1.807) is 35.4 Å². The van der Waals surface area contributed by atoms with Crippen LogP contribution in [0.15, 0.2) is 36.9 Å². The molecule has 1 atom stereocenters. The molecule has 1 radical (unpaired) electrons. The van der Waals surface area contributed by atoms with Crippen LogP contribution in [0.1, 0.15) is 22.2 Å². The maximum Gasteiger partial charge on any atom is 0.135 e. The van der Waals surface area contributed by atoms with Gasteiger partial charge in [0.2, 0.25) is 0 Å². The van der Waals surface area contributed by atoms with Gasteiger partial charge >= 0.3 is 0 Å². The van der Waals surface area contributed by atoms with Crippen LogP contribution in [0.5, 0.6) is 0 Å². The Morgan fingerprint density at radius 2 is 2.24 bits per heavy atom. The van der Waals surface area contributed by atoms with Gasteiger partial charge in [-0.15, -0.1) is 12.4 Å². The molecule has 87 valence electrons. The average Bonchev–Trinajstić information content (AvgIpc) is 2.81. The number of nitrogens with zero attached hydrogens (tertiary/aromatic N) is 3. The van der Waals surface area contributed by atoms with Gasteiger partial charge in [-0.1, -0.05) is 23.7 Å². The lowest BCUT2D eigenvalue weighted by Crippen LogP contribution is -2.04. The highest BCUT2D eigenvalue weighted by atomic mass is 35.5. The number of hydrogen-bond acceptors (Lipinski definition) is 2. The normalized spacial score (nSPS) is 11.4. The van der Waals surface area contributed by atoms with E-state index in [1.165, 1.54) is 0 Å². The number of nitriles is 1. The first-order chi connectivity index (χ1) is 7.72. The van der Waals surface area contributed by atoms with Crippen LogP contribution in [0.25, 0.3) is 0 Å². The monoisotopic (exact) mass is 266 g/mol. The van der Waals surface area contributed by atoms with Crippen LogP contribution in [0.4, 0.5) is 0 Å². The third kappa shape index (κ3) is 2.79. The second-order valence-electron chi connectivity index (χ2n) is 3.38. The highest BCUT2D eigenvalue weighted by Gasteiger charge is 2.13. The summed E-state index contributed by atoms with van der Waals surface area (Å²) in [7, 11) is 0. The molecule has 0 saturated carbocycles. The van der Waals surface area contributed by atoms with E-state index in [4.69, 9.17) is 16.9 Å². The molecule has 2 aromatic rings. The van der Waals surface area contributed by atoms with Crippen LogP contribution in [-0.4, -0.2) is 9.55 Å². The second-order valence-corrected chi connectivity index (χ2v) is 3.79. The zero-order valence-corrected chi connectivity index (χ0v) is 10.4. The zero-order chi connectivity index (χ0) is 11.5. The fourth-order valence-corrected chi connectivity index (χ4v) is 1.77. The quantitative estimate of drug-likeness (QED) is 0.784. The third-order valence-corrected chi connectivity index (χ3v) is 2.74. The molecule has 1 unspecified atom stereocenters. The predicted molar refractivity (Wildman–Crippen MR) is 69.1 cm³/mol. The molecule has 0 bridgehead atoms. The number of imidazole rings is 1. The number of halogens is 2. The van der Waals surface area contributed by atoms with Crippen molar-refractivity contribution in [2.45, 2.75) is 5.50 Å². The first-order valence-electron chi connectivity index (χ1n) is 4.70. The second kappa shape index (κ2) is 5.72. The molecule has 0 N–H and O–H groups in total. The average molecular weight is 267 g/mol. The standard InChI is InChI=1S/C12H9ClN3.ClH/c1-9-2-3-10(7-14)11(6-9)12(13)16-5-4-15-8-16;/h2-6,8,12H,1H2;1H. The molecule has 1 aromatic carbocycles. The van der Waals surface area contributed by atoms with Gasteiger partial charge < -0.3 is 4.57 Å². The molecule has 0 aliphatic rings. The predicted octanol–water partition coefficient (Wildman–Crippen LogP) is 3.14. The van der Waals surface area contributed by atoms with Gasteiger partial charge in [0, 0.05) is 18.0 Å². The summed E-state index contributed by atoms with van der Waals surface area (Å²) in [5.41, 5.74) is 1.70. The molecule has 5 heteroatoms. The summed E-state index contributed by atoms with van der Waals surface area (Å²) in [6, 6.07) is 7.45. The molecule has 0 aliphatic carbocycles. The Balaban J connectivity index is 0.00000144. The molecule has 0 saturated heterocycles. The Morgan fingerprint density at radius 1 is 1.47 bits per heavy atom. The van der Waals surface area contributed by atoms with Crippen molar-refractivity contribution < 1.29 is 0 Å². The van der Waals surface area contributed by atoms with Crippen molar-refractivity contribution in [2.75, 3.05) is 0 Å². The lowest BCUT2D eigenvalue weighted by Gasteiger charge is -2.13. The van der Waals surface area contributed by atoms with E-state index in [1.807, 2.05) is 6.07 Å². The van der Waals surface area contributed by atoms with Crippen LogP contribution in [0.3, 0.4) is 0 Å². The SMILES string of the molecule is Cl.[CH2]c1ccc(C#N)c(C(Cl)n2ccnc2)c1. The van der Waals surface area contributed by atoms with E-state index < -0.39 is 5.50 Å².